The second-order valence-electron chi connectivity index (χ2n) is 6.63. The molecule has 0 radical (unpaired) electrons. The first-order chi connectivity index (χ1) is 12.5. The van der Waals surface area contributed by atoms with E-state index in [1.165, 1.54) is 23.3 Å². The van der Waals surface area contributed by atoms with E-state index in [9.17, 15) is 14.4 Å². The molecule has 3 amide bonds. The Hall–Kier alpha value is -2.61. The van der Waals surface area contributed by atoms with Crippen LogP contribution in [0.4, 0.5) is 10.5 Å². The van der Waals surface area contributed by atoms with Crippen molar-refractivity contribution in [2.24, 2.45) is 0 Å². The molecular formula is C18H24N4O4. The first-order valence-electron chi connectivity index (χ1n) is 8.70. The number of anilines is 1. The number of benzene rings is 1. The van der Waals surface area contributed by atoms with E-state index < -0.39 is 18.0 Å². The van der Waals surface area contributed by atoms with Gasteiger partial charge in [-0.2, -0.15) is 0 Å². The van der Waals surface area contributed by atoms with Gasteiger partial charge < -0.3 is 15.0 Å². The summed E-state index contributed by atoms with van der Waals surface area (Å²) in [6, 6.07) is 7.09. The molecule has 0 spiro atoms. The lowest BCUT2D eigenvalue weighted by molar-refractivity contribution is -0.143. The number of ether oxygens (including phenoxy) is 1. The van der Waals surface area contributed by atoms with Crippen LogP contribution in [0.5, 0.6) is 0 Å². The summed E-state index contributed by atoms with van der Waals surface area (Å²) in [6.45, 7) is 5.49. The Morgan fingerprint density at radius 2 is 1.96 bits per heavy atom. The van der Waals surface area contributed by atoms with E-state index in [1.54, 1.807) is 0 Å². The first kappa shape index (κ1) is 18.2. The average Bonchev–Trinajstić information content (AvgIpc) is 2.89. The van der Waals surface area contributed by atoms with Crippen LogP contribution in [-0.2, 0) is 14.3 Å². The molecule has 1 N–H and O–H groups in total. The molecule has 0 unspecified atom stereocenters. The molecule has 0 saturated carbocycles. The molecular weight excluding hydrogens is 336 g/mol. The number of carbonyl (C=O) groups is 3. The smallest absolute Gasteiger partial charge is 0.325 e. The van der Waals surface area contributed by atoms with Crippen molar-refractivity contribution in [2.75, 3.05) is 44.9 Å². The lowest BCUT2D eigenvalue weighted by Crippen LogP contribution is -2.51. The van der Waals surface area contributed by atoms with Crippen LogP contribution in [0.3, 0.4) is 0 Å². The van der Waals surface area contributed by atoms with Crippen LogP contribution in [-0.4, -0.2) is 73.7 Å². The molecule has 8 heteroatoms. The van der Waals surface area contributed by atoms with Crippen molar-refractivity contribution in [1.29, 1.82) is 0 Å². The Morgan fingerprint density at radius 1 is 1.23 bits per heavy atom. The third-order valence-corrected chi connectivity index (χ3v) is 4.79. The lowest BCUT2D eigenvalue weighted by atomic mass is 10.2. The second kappa shape index (κ2) is 7.74. The van der Waals surface area contributed by atoms with Gasteiger partial charge in [0.1, 0.15) is 6.04 Å². The molecule has 0 aliphatic carbocycles. The molecule has 8 nitrogen and oxygen atoms in total. The average molecular weight is 360 g/mol. The number of nitrogens with one attached hydrogen (secondary N) is 1. The van der Waals surface area contributed by atoms with Crippen LogP contribution in [0.2, 0.25) is 0 Å². The summed E-state index contributed by atoms with van der Waals surface area (Å²) in [5.74, 6) is -0.890. The van der Waals surface area contributed by atoms with Crippen molar-refractivity contribution in [1.82, 2.24) is 15.1 Å². The Balaban J connectivity index is 1.53. The summed E-state index contributed by atoms with van der Waals surface area (Å²) in [6.07, 6.45) is -0.140. The van der Waals surface area contributed by atoms with Crippen molar-refractivity contribution in [3.8, 4) is 0 Å². The standard InChI is InChI=1S/C18H24N4O4/c1-13-4-3-5-14(10-13)21-8-6-20(7-9-21)12-22-17(24)15(19-18(22)25)11-16(23)26-2/h3-5,10,15H,6-9,11-12H2,1-2H3,(H,19,25)/t15-/m0/s1. The van der Waals surface area contributed by atoms with E-state index in [2.05, 4.69) is 45.0 Å². The fraction of sp³-hybridized carbons (Fsp3) is 0.500. The van der Waals surface area contributed by atoms with Gasteiger partial charge in [-0.3, -0.25) is 14.5 Å². The van der Waals surface area contributed by atoms with E-state index in [-0.39, 0.29) is 19.0 Å². The number of hydrogen-bond donors (Lipinski definition) is 1. The third-order valence-electron chi connectivity index (χ3n) is 4.79. The van der Waals surface area contributed by atoms with Crippen LogP contribution < -0.4 is 10.2 Å². The SMILES string of the molecule is COC(=O)C[C@@H]1NC(=O)N(CN2CCN(c3cccc(C)c3)CC2)C1=O. The fourth-order valence-electron chi connectivity index (χ4n) is 3.27. The molecule has 2 heterocycles. The highest BCUT2D eigenvalue weighted by Gasteiger charge is 2.40. The molecule has 1 atom stereocenters. The van der Waals surface area contributed by atoms with E-state index in [4.69, 9.17) is 0 Å². The highest BCUT2D eigenvalue weighted by atomic mass is 16.5. The van der Waals surface area contributed by atoms with Gasteiger partial charge in [-0.1, -0.05) is 12.1 Å². The van der Waals surface area contributed by atoms with Gasteiger partial charge in [-0.15, -0.1) is 0 Å². The van der Waals surface area contributed by atoms with E-state index >= 15 is 0 Å². The Labute approximate surface area is 152 Å². The summed E-state index contributed by atoms with van der Waals surface area (Å²) in [5, 5.41) is 2.55. The molecule has 1 aromatic rings. The number of hydrogen-bond acceptors (Lipinski definition) is 6. The van der Waals surface area contributed by atoms with Gasteiger partial charge >= 0.3 is 12.0 Å². The number of nitrogens with zero attached hydrogens (tertiary/aromatic N) is 3. The molecule has 1 aromatic carbocycles. The number of urea groups is 1. The van der Waals surface area contributed by atoms with Gasteiger partial charge in [-0.25, -0.2) is 9.69 Å². The van der Waals surface area contributed by atoms with Crippen LogP contribution in [0.25, 0.3) is 0 Å². The van der Waals surface area contributed by atoms with Crippen molar-refractivity contribution in [3.05, 3.63) is 29.8 Å². The zero-order valence-corrected chi connectivity index (χ0v) is 15.1. The number of imide groups is 1. The van der Waals surface area contributed by atoms with Crippen molar-refractivity contribution >= 4 is 23.6 Å². The molecule has 2 fully saturated rings. The molecule has 26 heavy (non-hydrogen) atoms. The summed E-state index contributed by atoms with van der Waals surface area (Å²) in [5.41, 5.74) is 2.42. The summed E-state index contributed by atoms with van der Waals surface area (Å²) in [4.78, 5) is 41.3. The van der Waals surface area contributed by atoms with Crippen molar-refractivity contribution < 1.29 is 19.1 Å². The monoisotopic (exact) mass is 360 g/mol. The lowest BCUT2D eigenvalue weighted by Gasteiger charge is -2.37. The number of carbonyl (C=O) groups excluding carboxylic acids is 3. The van der Waals surface area contributed by atoms with Crippen LogP contribution in [0.1, 0.15) is 12.0 Å². The summed E-state index contributed by atoms with van der Waals surface area (Å²) < 4.78 is 4.57. The Morgan fingerprint density at radius 3 is 2.62 bits per heavy atom. The maximum atomic E-state index is 12.4. The van der Waals surface area contributed by atoms with Gasteiger partial charge in [0.15, 0.2) is 0 Å². The number of methoxy groups -OCH3 is 1. The first-order valence-corrected chi connectivity index (χ1v) is 8.70. The fourth-order valence-corrected chi connectivity index (χ4v) is 3.27. The van der Waals surface area contributed by atoms with Crippen LogP contribution >= 0.6 is 0 Å². The predicted octanol–water partition coefficient (Wildman–Crippen LogP) is 0.558. The molecule has 2 aliphatic heterocycles. The normalized spacial score (nSPS) is 21.1. The Kier molecular flexibility index (Phi) is 5.41. The molecule has 2 saturated heterocycles. The van der Waals surface area contributed by atoms with Gasteiger partial charge in [0.25, 0.3) is 5.91 Å². The topological polar surface area (TPSA) is 82.2 Å². The van der Waals surface area contributed by atoms with Crippen LogP contribution in [0.15, 0.2) is 24.3 Å². The van der Waals surface area contributed by atoms with E-state index in [0.29, 0.717) is 0 Å². The molecule has 2 aliphatic rings. The van der Waals surface area contributed by atoms with Gasteiger partial charge in [0.2, 0.25) is 0 Å². The predicted molar refractivity (Wildman–Crippen MR) is 95.6 cm³/mol. The largest absolute Gasteiger partial charge is 0.469 e. The maximum Gasteiger partial charge on any atom is 0.325 e. The highest BCUT2D eigenvalue weighted by molar-refractivity contribution is 6.05. The summed E-state index contributed by atoms with van der Waals surface area (Å²) >= 11 is 0. The molecule has 0 bridgehead atoms. The molecule has 140 valence electrons. The minimum atomic E-state index is -0.830. The van der Waals surface area contributed by atoms with E-state index in [1.807, 2.05) is 6.07 Å². The highest BCUT2D eigenvalue weighted by Crippen LogP contribution is 2.18. The van der Waals surface area contributed by atoms with Crippen LogP contribution in [0, 0.1) is 6.92 Å². The molecule has 3 rings (SSSR count). The number of aryl methyl sites for hydroxylation is 1. The van der Waals surface area contributed by atoms with Gasteiger partial charge in [-0.05, 0) is 24.6 Å². The zero-order chi connectivity index (χ0) is 18.7. The maximum absolute atomic E-state index is 12.4. The minimum absolute atomic E-state index is 0.140. The van der Waals surface area contributed by atoms with Gasteiger partial charge in [0.05, 0.1) is 20.2 Å². The minimum Gasteiger partial charge on any atom is -0.469 e. The molecule has 0 aromatic heterocycles. The number of esters is 1. The van der Waals surface area contributed by atoms with Crippen molar-refractivity contribution in [3.63, 3.8) is 0 Å². The van der Waals surface area contributed by atoms with Crippen molar-refractivity contribution in [2.45, 2.75) is 19.4 Å². The third kappa shape index (κ3) is 3.96. The van der Waals surface area contributed by atoms with E-state index in [0.717, 1.165) is 26.2 Å². The van der Waals surface area contributed by atoms with Gasteiger partial charge in [0, 0.05) is 31.9 Å². The summed E-state index contributed by atoms with van der Waals surface area (Å²) in [7, 11) is 1.26. The number of amides is 3. The number of piperazine rings is 1. The quantitative estimate of drug-likeness (QED) is 0.610. The second-order valence-corrected chi connectivity index (χ2v) is 6.63. The Bertz CT molecular complexity index is 700. The zero-order valence-electron chi connectivity index (χ0n) is 15.1. The number of rotatable bonds is 5.